The first-order chi connectivity index (χ1) is 9.13. The van der Waals surface area contributed by atoms with Crippen LogP contribution in [-0.2, 0) is 18.2 Å². The van der Waals surface area contributed by atoms with Gasteiger partial charge in [-0.1, -0.05) is 6.42 Å². The van der Waals surface area contributed by atoms with Crippen molar-refractivity contribution < 1.29 is 9.53 Å². The maximum absolute atomic E-state index is 11.6. The van der Waals surface area contributed by atoms with Gasteiger partial charge in [0.15, 0.2) is 0 Å². The van der Waals surface area contributed by atoms with Gasteiger partial charge in [0.05, 0.1) is 12.8 Å². The molecule has 1 aromatic rings. The lowest BCUT2D eigenvalue weighted by atomic mass is 10.1. The van der Waals surface area contributed by atoms with Crippen LogP contribution in [0, 0.1) is 0 Å². The van der Waals surface area contributed by atoms with Gasteiger partial charge < -0.3 is 9.64 Å². The molecule has 2 rings (SSSR count). The number of H-pyrrole nitrogens is 1. The fourth-order valence-corrected chi connectivity index (χ4v) is 2.56. The van der Waals surface area contributed by atoms with Gasteiger partial charge in [-0.3, -0.25) is 9.55 Å². The van der Waals surface area contributed by atoms with E-state index in [4.69, 9.17) is 4.74 Å². The first kappa shape index (κ1) is 13.9. The van der Waals surface area contributed by atoms with Crippen molar-refractivity contribution in [2.45, 2.75) is 25.7 Å². The lowest BCUT2D eigenvalue weighted by molar-refractivity contribution is 0.0592. The highest BCUT2D eigenvalue weighted by atomic mass is 16.5. The van der Waals surface area contributed by atoms with Crippen LogP contribution in [0.2, 0.25) is 0 Å². The van der Waals surface area contributed by atoms with Crippen molar-refractivity contribution in [1.82, 2.24) is 14.5 Å². The van der Waals surface area contributed by atoms with E-state index in [1.165, 1.54) is 30.9 Å². The Morgan fingerprint density at radius 3 is 2.63 bits per heavy atom. The Hall–Kier alpha value is -1.56. The summed E-state index contributed by atoms with van der Waals surface area (Å²) < 4.78 is 6.20. The smallest absolute Gasteiger partial charge is 0.356 e. The summed E-state index contributed by atoms with van der Waals surface area (Å²) in [6.45, 7) is 3.08. The number of aromatic nitrogens is 2. The molecule has 1 fully saturated rings. The molecule has 19 heavy (non-hydrogen) atoms. The number of esters is 1. The van der Waals surface area contributed by atoms with Crippen LogP contribution in [-0.4, -0.2) is 47.2 Å². The molecule has 0 aliphatic carbocycles. The molecule has 0 spiro atoms. The van der Waals surface area contributed by atoms with Gasteiger partial charge in [0.2, 0.25) is 0 Å². The Morgan fingerprint density at radius 1 is 1.32 bits per heavy atom. The number of aromatic amines is 1. The zero-order chi connectivity index (χ0) is 13.8. The van der Waals surface area contributed by atoms with E-state index in [2.05, 4.69) is 9.88 Å². The van der Waals surface area contributed by atoms with E-state index >= 15 is 0 Å². The van der Waals surface area contributed by atoms with Crippen LogP contribution < -0.4 is 5.69 Å². The number of nitrogens with one attached hydrogen (secondary N) is 1. The quantitative estimate of drug-likeness (QED) is 0.808. The lowest BCUT2D eigenvalue weighted by Gasteiger charge is -2.26. The molecule has 106 valence electrons. The summed E-state index contributed by atoms with van der Waals surface area (Å²) >= 11 is 0. The van der Waals surface area contributed by atoms with Gasteiger partial charge in [0.25, 0.3) is 0 Å². The van der Waals surface area contributed by atoms with Crippen LogP contribution in [0.4, 0.5) is 0 Å². The van der Waals surface area contributed by atoms with Gasteiger partial charge in [-0.2, -0.15) is 0 Å². The van der Waals surface area contributed by atoms with Crippen molar-refractivity contribution in [2.75, 3.05) is 26.7 Å². The van der Waals surface area contributed by atoms with E-state index < -0.39 is 5.97 Å². The highest BCUT2D eigenvalue weighted by Gasteiger charge is 2.19. The normalized spacial score (nSPS) is 16.5. The van der Waals surface area contributed by atoms with Crippen molar-refractivity contribution in [3.8, 4) is 0 Å². The number of hydrogen-bond donors (Lipinski definition) is 1. The minimum Gasteiger partial charge on any atom is -0.464 e. The summed E-state index contributed by atoms with van der Waals surface area (Å²) in [5.41, 5.74) is 0.739. The number of carbonyl (C=O) groups is 1. The molecule has 0 radical (unpaired) electrons. The molecule has 0 saturated carbocycles. The molecular formula is C13H21N3O3. The minimum atomic E-state index is -0.480. The van der Waals surface area contributed by atoms with Gasteiger partial charge in [-0.15, -0.1) is 0 Å². The molecule has 1 aliphatic heterocycles. The van der Waals surface area contributed by atoms with Crippen molar-refractivity contribution in [1.29, 1.82) is 0 Å². The predicted octanol–water partition coefficient (Wildman–Crippen LogP) is 0.528. The molecule has 0 unspecified atom stereocenters. The molecule has 0 atom stereocenters. The van der Waals surface area contributed by atoms with E-state index in [-0.39, 0.29) is 11.4 Å². The zero-order valence-corrected chi connectivity index (χ0v) is 11.6. The third-order valence-electron chi connectivity index (χ3n) is 3.73. The van der Waals surface area contributed by atoms with Gasteiger partial charge >= 0.3 is 11.7 Å². The fraction of sp³-hybridized carbons (Fsp3) is 0.692. The Morgan fingerprint density at radius 2 is 2.00 bits per heavy atom. The Kier molecular flexibility index (Phi) is 4.42. The van der Waals surface area contributed by atoms with E-state index in [0.29, 0.717) is 6.42 Å². The number of imidazole rings is 1. The second-order valence-corrected chi connectivity index (χ2v) is 4.95. The Labute approximate surface area is 112 Å². The highest BCUT2D eigenvalue weighted by molar-refractivity contribution is 5.88. The van der Waals surface area contributed by atoms with Gasteiger partial charge in [0.1, 0.15) is 5.69 Å². The van der Waals surface area contributed by atoms with E-state index in [0.717, 1.165) is 25.3 Å². The van der Waals surface area contributed by atoms with Crippen LogP contribution in [0.3, 0.4) is 0 Å². The molecule has 1 N–H and O–H groups in total. The monoisotopic (exact) mass is 267 g/mol. The molecule has 6 heteroatoms. The first-order valence-corrected chi connectivity index (χ1v) is 6.72. The molecule has 0 amide bonds. The van der Waals surface area contributed by atoms with E-state index in [1.54, 1.807) is 7.05 Å². The molecule has 1 aromatic heterocycles. The summed E-state index contributed by atoms with van der Waals surface area (Å²) in [4.78, 5) is 28.2. The van der Waals surface area contributed by atoms with Crippen molar-refractivity contribution >= 4 is 5.97 Å². The predicted molar refractivity (Wildman–Crippen MR) is 71.4 cm³/mol. The summed E-state index contributed by atoms with van der Waals surface area (Å²) in [6, 6.07) is 0. The molecular weight excluding hydrogens is 246 g/mol. The number of piperidine rings is 1. The average molecular weight is 267 g/mol. The number of ether oxygens (including phenoxy) is 1. The fourth-order valence-electron chi connectivity index (χ4n) is 2.56. The Balaban J connectivity index is 2.10. The van der Waals surface area contributed by atoms with Gasteiger partial charge in [0, 0.05) is 20.0 Å². The molecule has 2 heterocycles. The van der Waals surface area contributed by atoms with Crippen LogP contribution in [0.1, 0.15) is 35.4 Å². The summed E-state index contributed by atoms with van der Waals surface area (Å²) in [5, 5.41) is 0. The summed E-state index contributed by atoms with van der Waals surface area (Å²) in [6.07, 6.45) is 4.44. The second kappa shape index (κ2) is 6.06. The van der Waals surface area contributed by atoms with Gasteiger partial charge in [-0.05, 0) is 25.9 Å². The summed E-state index contributed by atoms with van der Waals surface area (Å²) in [7, 11) is 3.00. The number of carbonyl (C=O) groups excluding carboxylic acids is 1. The molecule has 6 nitrogen and oxygen atoms in total. The third kappa shape index (κ3) is 3.07. The number of methoxy groups -OCH3 is 1. The molecule has 0 bridgehead atoms. The van der Waals surface area contributed by atoms with E-state index in [9.17, 15) is 9.59 Å². The second-order valence-electron chi connectivity index (χ2n) is 4.95. The molecule has 1 saturated heterocycles. The standard InChI is InChI=1S/C13H21N3O3/c1-15-10(6-9-16-7-4-3-5-8-16)11(12(17)19-2)14-13(15)18/h3-9H2,1-2H3,(H,14,18). The number of hydrogen-bond acceptors (Lipinski definition) is 4. The van der Waals surface area contributed by atoms with Crippen LogP contribution in [0.5, 0.6) is 0 Å². The van der Waals surface area contributed by atoms with Crippen molar-refractivity contribution in [3.63, 3.8) is 0 Å². The average Bonchev–Trinajstić information content (AvgIpc) is 2.73. The Bertz CT molecular complexity index is 498. The number of rotatable bonds is 4. The molecule has 1 aliphatic rings. The van der Waals surface area contributed by atoms with Crippen LogP contribution >= 0.6 is 0 Å². The summed E-state index contributed by atoms with van der Waals surface area (Å²) in [5.74, 6) is -0.480. The number of likely N-dealkylation sites (tertiary alicyclic amines) is 1. The highest BCUT2D eigenvalue weighted by Crippen LogP contribution is 2.11. The topological polar surface area (TPSA) is 67.3 Å². The largest absolute Gasteiger partial charge is 0.464 e. The maximum Gasteiger partial charge on any atom is 0.356 e. The zero-order valence-electron chi connectivity index (χ0n) is 11.6. The minimum absolute atomic E-state index is 0.269. The lowest BCUT2D eigenvalue weighted by Crippen LogP contribution is -2.32. The van der Waals surface area contributed by atoms with Crippen molar-refractivity contribution in [2.24, 2.45) is 7.05 Å². The third-order valence-corrected chi connectivity index (χ3v) is 3.73. The first-order valence-electron chi connectivity index (χ1n) is 6.72. The van der Waals surface area contributed by atoms with Crippen molar-refractivity contribution in [3.05, 3.63) is 21.9 Å². The van der Waals surface area contributed by atoms with E-state index in [1.807, 2.05) is 0 Å². The SMILES string of the molecule is COC(=O)c1[nH]c(=O)n(C)c1CCN1CCCCC1. The van der Waals surface area contributed by atoms with Gasteiger partial charge in [-0.25, -0.2) is 9.59 Å². The maximum atomic E-state index is 11.6. The molecule has 0 aromatic carbocycles. The van der Waals surface area contributed by atoms with Crippen LogP contribution in [0.25, 0.3) is 0 Å². The van der Waals surface area contributed by atoms with Crippen LogP contribution in [0.15, 0.2) is 4.79 Å². The number of nitrogens with zero attached hydrogens (tertiary/aromatic N) is 2.